The van der Waals surface area contributed by atoms with Crippen molar-refractivity contribution in [3.63, 3.8) is 0 Å². The number of aryl methyl sites for hydroxylation is 1. The molecule has 98 valence electrons. The first-order chi connectivity index (χ1) is 8.81. The third kappa shape index (κ3) is 3.23. The highest BCUT2D eigenvalue weighted by atomic mass is 16.3. The molecule has 1 atom stereocenters. The fourth-order valence-electron chi connectivity index (χ4n) is 2.04. The number of nitrogens with zero attached hydrogens (tertiary/aromatic N) is 2. The zero-order valence-electron chi connectivity index (χ0n) is 11.1. The molecule has 2 aromatic heterocycles. The summed E-state index contributed by atoms with van der Waals surface area (Å²) in [5, 5.41) is 3.45. The number of hydrogen-bond acceptors (Lipinski definition) is 3. The monoisotopic (exact) mass is 247 g/mol. The third-order valence-corrected chi connectivity index (χ3v) is 3.05. The van der Waals surface area contributed by atoms with E-state index >= 15 is 0 Å². The van der Waals surface area contributed by atoms with Crippen molar-refractivity contribution < 1.29 is 4.42 Å². The van der Waals surface area contributed by atoms with Gasteiger partial charge < -0.3 is 14.3 Å². The van der Waals surface area contributed by atoms with E-state index in [0.29, 0.717) is 0 Å². The topological polar surface area (TPSA) is 43.0 Å². The number of hydrogen-bond donors (Lipinski definition) is 1. The average Bonchev–Trinajstić information content (AvgIpc) is 3.01. The molecule has 2 rings (SSSR count). The Hall–Kier alpha value is -1.55. The average molecular weight is 247 g/mol. The Labute approximate surface area is 108 Å². The molecule has 0 spiro atoms. The number of nitrogens with one attached hydrogen (secondary N) is 1. The van der Waals surface area contributed by atoms with E-state index in [9.17, 15) is 0 Å². The fraction of sp³-hybridized carbons (Fsp3) is 0.500. The van der Waals surface area contributed by atoms with Crippen LogP contribution < -0.4 is 5.32 Å². The fourth-order valence-corrected chi connectivity index (χ4v) is 2.04. The minimum absolute atomic E-state index is 0.248. The Bertz CT molecular complexity index is 447. The van der Waals surface area contributed by atoms with Crippen molar-refractivity contribution >= 4 is 0 Å². The van der Waals surface area contributed by atoms with Crippen molar-refractivity contribution in [1.82, 2.24) is 14.9 Å². The van der Waals surface area contributed by atoms with Gasteiger partial charge in [-0.3, -0.25) is 0 Å². The van der Waals surface area contributed by atoms with Gasteiger partial charge in [0.05, 0.1) is 12.3 Å². The standard InChI is InChI=1S/C14H21N3O/c1-3-5-14-16-8-10-17(14)9-7-15-12(2)13-6-4-11-18-13/h4,6,8,10-12,15H,3,5,7,9H2,1-2H3. The van der Waals surface area contributed by atoms with Crippen molar-refractivity contribution in [3.8, 4) is 0 Å². The molecule has 18 heavy (non-hydrogen) atoms. The van der Waals surface area contributed by atoms with Crippen LogP contribution in [0.2, 0.25) is 0 Å². The van der Waals surface area contributed by atoms with Crippen molar-refractivity contribution in [2.75, 3.05) is 6.54 Å². The van der Waals surface area contributed by atoms with Crippen molar-refractivity contribution in [1.29, 1.82) is 0 Å². The highest BCUT2D eigenvalue weighted by Crippen LogP contribution is 2.11. The zero-order chi connectivity index (χ0) is 12.8. The maximum absolute atomic E-state index is 5.36. The predicted octanol–water partition coefficient (Wildman–Crippen LogP) is 2.78. The zero-order valence-corrected chi connectivity index (χ0v) is 11.1. The van der Waals surface area contributed by atoms with Crippen LogP contribution >= 0.6 is 0 Å². The summed E-state index contributed by atoms with van der Waals surface area (Å²) < 4.78 is 7.58. The number of rotatable bonds is 7. The highest BCUT2D eigenvalue weighted by Gasteiger charge is 2.07. The lowest BCUT2D eigenvalue weighted by Gasteiger charge is -2.12. The van der Waals surface area contributed by atoms with E-state index in [1.807, 2.05) is 24.5 Å². The molecule has 0 amide bonds. The predicted molar refractivity (Wildman–Crippen MR) is 71.3 cm³/mol. The summed E-state index contributed by atoms with van der Waals surface area (Å²) in [6.45, 7) is 6.14. The number of aromatic nitrogens is 2. The molecule has 0 aliphatic heterocycles. The first-order valence-corrected chi connectivity index (χ1v) is 6.58. The molecule has 0 radical (unpaired) electrons. The Balaban J connectivity index is 1.79. The maximum atomic E-state index is 5.36. The molecule has 0 aliphatic carbocycles. The van der Waals surface area contributed by atoms with E-state index < -0.39 is 0 Å². The SMILES string of the molecule is CCCc1nccn1CCNC(C)c1ccco1. The molecule has 2 aromatic rings. The highest BCUT2D eigenvalue weighted by molar-refractivity contribution is 5.02. The molecular formula is C14H21N3O. The third-order valence-electron chi connectivity index (χ3n) is 3.05. The molecule has 0 fully saturated rings. The van der Waals surface area contributed by atoms with Gasteiger partial charge in [-0.2, -0.15) is 0 Å². The summed E-state index contributed by atoms with van der Waals surface area (Å²) in [5.74, 6) is 2.15. The second-order valence-corrected chi connectivity index (χ2v) is 4.48. The van der Waals surface area contributed by atoms with E-state index in [0.717, 1.165) is 31.7 Å². The smallest absolute Gasteiger partial charge is 0.120 e. The van der Waals surface area contributed by atoms with Gasteiger partial charge in [-0.15, -0.1) is 0 Å². The molecule has 0 saturated carbocycles. The summed E-state index contributed by atoms with van der Waals surface area (Å²) in [6, 6.07) is 4.17. The summed E-state index contributed by atoms with van der Waals surface area (Å²) in [4.78, 5) is 4.37. The van der Waals surface area contributed by atoms with Crippen LogP contribution in [0.5, 0.6) is 0 Å². The Kier molecular flexibility index (Phi) is 4.59. The van der Waals surface area contributed by atoms with E-state index in [-0.39, 0.29) is 6.04 Å². The molecule has 2 heterocycles. The molecule has 0 bridgehead atoms. The molecular weight excluding hydrogens is 226 g/mol. The van der Waals surface area contributed by atoms with E-state index in [2.05, 4.69) is 28.7 Å². The Morgan fingerprint density at radius 2 is 2.39 bits per heavy atom. The van der Waals surface area contributed by atoms with Crippen LogP contribution in [0.15, 0.2) is 35.2 Å². The van der Waals surface area contributed by atoms with Gasteiger partial charge in [0.1, 0.15) is 11.6 Å². The molecule has 4 nitrogen and oxygen atoms in total. The van der Waals surface area contributed by atoms with E-state index in [4.69, 9.17) is 4.42 Å². The van der Waals surface area contributed by atoms with Gasteiger partial charge in [0.25, 0.3) is 0 Å². The van der Waals surface area contributed by atoms with Crippen LogP contribution in [0.1, 0.15) is 37.9 Å². The lowest BCUT2D eigenvalue weighted by molar-refractivity contribution is 0.422. The summed E-state index contributed by atoms with van der Waals surface area (Å²) in [6.07, 6.45) is 7.81. The van der Waals surface area contributed by atoms with Crippen LogP contribution in [0.25, 0.3) is 0 Å². The van der Waals surface area contributed by atoms with Gasteiger partial charge in [0.15, 0.2) is 0 Å². The first-order valence-electron chi connectivity index (χ1n) is 6.58. The summed E-state index contributed by atoms with van der Waals surface area (Å²) >= 11 is 0. The number of furan rings is 1. The largest absolute Gasteiger partial charge is 0.468 e. The van der Waals surface area contributed by atoms with E-state index in [1.165, 1.54) is 5.82 Å². The second kappa shape index (κ2) is 6.40. The summed E-state index contributed by atoms with van der Waals surface area (Å²) in [7, 11) is 0. The molecule has 0 aliphatic rings. The summed E-state index contributed by atoms with van der Waals surface area (Å²) in [5.41, 5.74) is 0. The van der Waals surface area contributed by atoms with Gasteiger partial charge >= 0.3 is 0 Å². The quantitative estimate of drug-likeness (QED) is 0.818. The minimum Gasteiger partial charge on any atom is -0.468 e. The lowest BCUT2D eigenvalue weighted by Crippen LogP contribution is -2.23. The van der Waals surface area contributed by atoms with Gasteiger partial charge in [-0.05, 0) is 25.5 Å². The first kappa shape index (κ1) is 12.9. The van der Waals surface area contributed by atoms with Crippen molar-refractivity contribution in [2.45, 2.75) is 39.3 Å². The minimum atomic E-state index is 0.248. The molecule has 1 unspecified atom stereocenters. The maximum Gasteiger partial charge on any atom is 0.120 e. The van der Waals surface area contributed by atoms with Crippen LogP contribution in [0.4, 0.5) is 0 Å². The molecule has 0 saturated heterocycles. The van der Waals surface area contributed by atoms with Crippen LogP contribution in [0, 0.1) is 0 Å². The van der Waals surface area contributed by atoms with Gasteiger partial charge in [0.2, 0.25) is 0 Å². The Morgan fingerprint density at radius 3 is 3.11 bits per heavy atom. The molecule has 4 heteroatoms. The number of imidazole rings is 1. The van der Waals surface area contributed by atoms with Crippen LogP contribution in [0.3, 0.4) is 0 Å². The van der Waals surface area contributed by atoms with E-state index in [1.54, 1.807) is 6.26 Å². The van der Waals surface area contributed by atoms with Crippen LogP contribution in [-0.2, 0) is 13.0 Å². The van der Waals surface area contributed by atoms with Gasteiger partial charge in [-0.1, -0.05) is 6.92 Å². The van der Waals surface area contributed by atoms with Crippen molar-refractivity contribution in [3.05, 3.63) is 42.4 Å². The normalized spacial score (nSPS) is 12.8. The van der Waals surface area contributed by atoms with Crippen LogP contribution in [-0.4, -0.2) is 16.1 Å². The van der Waals surface area contributed by atoms with Gasteiger partial charge in [-0.25, -0.2) is 4.98 Å². The lowest BCUT2D eigenvalue weighted by atomic mass is 10.2. The Morgan fingerprint density at radius 1 is 1.50 bits per heavy atom. The second-order valence-electron chi connectivity index (χ2n) is 4.48. The molecule has 0 aromatic carbocycles. The van der Waals surface area contributed by atoms with Gasteiger partial charge in [0, 0.05) is 31.9 Å². The molecule has 1 N–H and O–H groups in total. The van der Waals surface area contributed by atoms with Crippen molar-refractivity contribution in [2.24, 2.45) is 0 Å².